The lowest BCUT2D eigenvalue weighted by Gasteiger charge is -2.23. The van der Waals surface area contributed by atoms with Crippen LogP contribution in [-0.2, 0) is 0 Å². The predicted molar refractivity (Wildman–Crippen MR) is 102 cm³/mol. The van der Waals surface area contributed by atoms with Crippen molar-refractivity contribution in [3.8, 4) is 23.1 Å². The maximum atomic E-state index is 12.7. The molecule has 2 aromatic rings. The first kappa shape index (κ1) is 19.5. The van der Waals surface area contributed by atoms with Crippen LogP contribution in [0, 0.1) is 0 Å². The number of nitrogens with zero attached hydrogens (tertiary/aromatic N) is 1. The number of ether oxygens (including phenoxy) is 2. The number of amides is 1. The maximum absolute atomic E-state index is 12.7. The van der Waals surface area contributed by atoms with Gasteiger partial charge in [-0.05, 0) is 25.0 Å². The van der Waals surface area contributed by atoms with Gasteiger partial charge in [0.05, 0.1) is 19.9 Å². The number of carbonyl (C=O) groups is 1. The van der Waals surface area contributed by atoms with Gasteiger partial charge in [-0.25, -0.2) is 9.36 Å². The van der Waals surface area contributed by atoms with E-state index in [2.05, 4.69) is 10.3 Å². The van der Waals surface area contributed by atoms with Crippen molar-refractivity contribution in [3.63, 3.8) is 0 Å². The van der Waals surface area contributed by atoms with E-state index in [0.29, 0.717) is 5.75 Å². The Morgan fingerprint density at radius 3 is 2.54 bits per heavy atom. The highest BCUT2D eigenvalue weighted by Gasteiger charge is 2.26. The van der Waals surface area contributed by atoms with Crippen LogP contribution in [-0.4, -0.2) is 40.8 Å². The van der Waals surface area contributed by atoms with E-state index in [9.17, 15) is 19.5 Å². The number of aromatic amines is 1. The molecule has 1 aliphatic rings. The lowest BCUT2D eigenvalue weighted by molar-refractivity contribution is 0.0922. The number of hydrogen-bond donors (Lipinski definition) is 3. The average molecular weight is 389 g/mol. The zero-order valence-corrected chi connectivity index (χ0v) is 15.8. The van der Waals surface area contributed by atoms with E-state index in [0.717, 1.165) is 36.7 Å². The monoisotopic (exact) mass is 389 g/mol. The van der Waals surface area contributed by atoms with Gasteiger partial charge in [0.25, 0.3) is 11.5 Å². The van der Waals surface area contributed by atoms with Gasteiger partial charge < -0.3 is 19.9 Å². The van der Waals surface area contributed by atoms with Crippen LogP contribution in [0.15, 0.2) is 27.8 Å². The third-order valence-corrected chi connectivity index (χ3v) is 4.88. The van der Waals surface area contributed by atoms with E-state index in [-0.39, 0.29) is 17.5 Å². The largest absolute Gasteiger partial charge is 0.497 e. The normalized spacial score (nSPS) is 14.5. The SMILES string of the molecule is COc1ccc(OC)c(-n2c(O)c(C(=O)NC3CCCCC3)c(=O)[nH]c2=O)c1. The first-order valence-corrected chi connectivity index (χ1v) is 9.07. The summed E-state index contributed by atoms with van der Waals surface area (Å²) in [5.41, 5.74) is -2.24. The summed E-state index contributed by atoms with van der Waals surface area (Å²) in [5.74, 6) is -0.819. The zero-order valence-electron chi connectivity index (χ0n) is 15.8. The molecule has 9 heteroatoms. The van der Waals surface area contributed by atoms with Crippen LogP contribution < -0.4 is 26.0 Å². The minimum absolute atomic E-state index is 0.0632. The Balaban J connectivity index is 2.09. The maximum Gasteiger partial charge on any atom is 0.335 e. The second-order valence-corrected chi connectivity index (χ2v) is 6.64. The Labute approximate surface area is 160 Å². The molecule has 9 nitrogen and oxygen atoms in total. The van der Waals surface area contributed by atoms with E-state index < -0.39 is 28.6 Å². The summed E-state index contributed by atoms with van der Waals surface area (Å²) in [5, 5.41) is 13.4. The van der Waals surface area contributed by atoms with E-state index in [4.69, 9.17) is 9.47 Å². The zero-order chi connectivity index (χ0) is 20.3. The highest BCUT2D eigenvalue weighted by atomic mass is 16.5. The molecular formula is C19H23N3O6. The standard InChI is InChI=1S/C19H23N3O6/c1-27-12-8-9-14(28-2)13(10-12)22-18(25)15(17(24)21-19(22)26)16(23)20-11-6-4-3-5-7-11/h8-11,25H,3-7H2,1-2H3,(H,20,23)(H,21,24,26). The Hall–Kier alpha value is -3.23. The van der Waals surface area contributed by atoms with Crippen LogP contribution in [0.4, 0.5) is 0 Å². The molecule has 0 radical (unpaired) electrons. The number of benzene rings is 1. The highest BCUT2D eigenvalue weighted by molar-refractivity contribution is 5.96. The molecule has 150 valence electrons. The molecule has 3 N–H and O–H groups in total. The number of methoxy groups -OCH3 is 2. The van der Waals surface area contributed by atoms with Crippen molar-refractivity contribution in [2.75, 3.05) is 14.2 Å². The molecule has 0 spiro atoms. The fourth-order valence-electron chi connectivity index (χ4n) is 3.43. The van der Waals surface area contributed by atoms with E-state index >= 15 is 0 Å². The Morgan fingerprint density at radius 1 is 1.18 bits per heavy atom. The van der Waals surface area contributed by atoms with Crippen LogP contribution in [0.5, 0.6) is 17.4 Å². The average Bonchev–Trinajstić information content (AvgIpc) is 2.68. The number of aromatic hydroxyl groups is 1. The minimum Gasteiger partial charge on any atom is -0.497 e. The van der Waals surface area contributed by atoms with Crippen molar-refractivity contribution in [2.24, 2.45) is 0 Å². The van der Waals surface area contributed by atoms with Gasteiger partial charge in [-0.2, -0.15) is 0 Å². The minimum atomic E-state index is -0.950. The summed E-state index contributed by atoms with van der Waals surface area (Å²) in [6.07, 6.45) is 4.72. The van der Waals surface area contributed by atoms with Gasteiger partial charge in [0.15, 0.2) is 5.56 Å². The lowest BCUT2D eigenvalue weighted by atomic mass is 9.95. The highest BCUT2D eigenvalue weighted by Crippen LogP contribution is 2.29. The van der Waals surface area contributed by atoms with Gasteiger partial charge in [-0.3, -0.25) is 14.6 Å². The molecule has 1 aliphatic carbocycles. The van der Waals surface area contributed by atoms with Crippen LogP contribution in [0.2, 0.25) is 0 Å². The molecule has 0 bridgehead atoms. The van der Waals surface area contributed by atoms with Gasteiger partial charge >= 0.3 is 5.69 Å². The van der Waals surface area contributed by atoms with Gasteiger partial charge in [0.1, 0.15) is 11.5 Å². The lowest BCUT2D eigenvalue weighted by Crippen LogP contribution is -2.41. The smallest absolute Gasteiger partial charge is 0.335 e. The number of carbonyl (C=O) groups excluding carboxylic acids is 1. The van der Waals surface area contributed by atoms with Crippen LogP contribution in [0.3, 0.4) is 0 Å². The topological polar surface area (TPSA) is 123 Å². The summed E-state index contributed by atoms with van der Waals surface area (Å²) < 4.78 is 11.2. The fourth-order valence-corrected chi connectivity index (χ4v) is 3.43. The van der Waals surface area contributed by atoms with Crippen molar-refractivity contribution in [3.05, 3.63) is 44.6 Å². The van der Waals surface area contributed by atoms with Crippen molar-refractivity contribution >= 4 is 5.91 Å². The van der Waals surface area contributed by atoms with Crippen molar-refractivity contribution < 1.29 is 19.4 Å². The van der Waals surface area contributed by atoms with Gasteiger partial charge in [0.2, 0.25) is 5.88 Å². The molecule has 3 rings (SSSR count). The van der Waals surface area contributed by atoms with E-state index in [1.807, 2.05) is 0 Å². The van der Waals surface area contributed by atoms with Gasteiger partial charge in [0, 0.05) is 12.1 Å². The molecule has 0 atom stereocenters. The third kappa shape index (κ3) is 3.73. The van der Waals surface area contributed by atoms with Crippen LogP contribution >= 0.6 is 0 Å². The molecule has 28 heavy (non-hydrogen) atoms. The molecule has 1 amide bonds. The number of hydrogen-bond acceptors (Lipinski definition) is 6. The first-order valence-electron chi connectivity index (χ1n) is 9.07. The van der Waals surface area contributed by atoms with E-state index in [1.54, 1.807) is 12.1 Å². The summed E-state index contributed by atoms with van der Waals surface area (Å²) in [6, 6.07) is 4.56. The number of H-pyrrole nitrogens is 1. The molecule has 1 aromatic carbocycles. The quantitative estimate of drug-likeness (QED) is 0.709. The molecule has 0 unspecified atom stereocenters. The molecular weight excluding hydrogens is 366 g/mol. The second-order valence-electron chi connectivity index (χ2n) is 6.64. The van der Waals surface area contributed by atoms with E-state index in [1.165, 1.54) is 20.3 Å². The molecule has 1 aromatic heterocycles. The number of rotatable bonds is 5. The number of aromatic nitrogens is 2. The Bertz CT molecular complexity index is 988. The third-order valence-electron chi connectivity index (χ3n) is 4.88. The van der Waals surface area contributed by atoms with Crippen molar-refractivity contribution in [1.29, 1.82) is 0 Å². The summed E-state index contributed by atoms with van der Waals surface area (Å²) >= 11 is 0. The van der Waals surface area contributed by atoms with Crippen molar-refractivity contribution in [1.82, 2.24) is 14.9 Å². The van der Waals surface area contributed by atoms with Gasteiger partial charge in [-0.15, -0.1) is 0 Å². The van der Waals surface area contributed by atoms with Crippen LogP contribution in [0.25, 0.3) is 5.69 Å². The molecule has 1 fully saturated rings. The van der Waals surface area contributed by atoms with Crippen LogP contribution in [0.1, 0.15) is 42.5 Å². The molecule has 0 saturated heterocycles. The van der Waals surface area contributed by atoms with Crippen molar-refractivity contribution in [2.45, 2.75) is 38.1 Å². The van der Waals surface area contributed by atoms with Gasteiger partial charge in [-0.1, -0.05) is 19.3 Å². The summed E-state index contributed by atoms with van der Waals surface area (Å²) in [7, 11) is 2.85. The second kappa shape index (κ2) is 8.20. The summed E-state index contributed by atoms with van der Waals surface area (Å²) in [6.45, 7) is 0. The Kier molecular flexibility index (Phi) is 5.72. The molecule has 1 heterocycles. The fraction of sp³-hybridized carbons (Fsp3) is 0.421. The molecule has 0 aliphatic heterocycles. The summed E-state index contributed by atoms with van der Waals surface area (Å²) in [4.78, 5) is 39.4. The predicted octanol–water partition coefficient (Wildman–Crippen LogP) is 1.31. The number of nitrogens with one attached hydrogen (secondary N) is 2. The Morgan fingerprint density at radius 2 is 1.89 bits per heavy atom. The molecule has 1 saturated carbocycles. The first-order chi connectivity index (χ1) is 13.5.